The van der Waals surface area contributed by atoms with E-state index in [1.165, 1.54) is 13.2 Å². The fraction of sp³-hybridized carbons (Fsp3) is 0.200. The van der Waals surface area contributed by atoms with Crippen molar-refractivity contribution in [2.24, 2.45) is 0 Å². The molecule has 0 unspecified atom stereocenters. The van der Waals surface area contributed by atoms with Gasteiger partial charge in [-0.15, -0.1) is 0 Å². The smallest absolute Gasteiger partial charge is 0.133 e. The predicted molar refractivity (Wildman–Crippen MR) is 84.1 cm³/mol. The summed E-state index contributed by atoms with van der Waals surface area (Å²) in [5.41, 5.74) is 1.58. The third kappa shape index (κ3) is 3.73. The van der Waals surface area contributed by atoms with Crippen LogP contribution in [0.15, 0.2) is 40.9 Å². The van der Waals surface area contributed by atoms with Gasteiger partial charge in [0, 0.05) is 21.4 Å². The van der Waals surface area contributed by atoms with E-state index in [1.54, 1.807) is 12.1 Å². The lowest BCUT2D eigenvalue weighted by atomic mass is 10.2. The zero-order valence-electron chi connectivity index (χ0n) is 10.8. The van der Waals surface area contributed by atoms with Gasteiger partial charge in [0.2, 0.25) is 0 Å². The van der Waals surface area contributed by atoms with Crippen LogP contribution in [0.4, 0.5) is 4.39 Å². The number of hydrogen-bond donors (Lipinski definition) is 0. The SMILES string of the molecule is COc1ccc(COc2ccc(Br)c(CBr)c2)c(F)c1. The zero-order chi connectivity index (χ0) is 14.5. The molecule has 0 aliphatic rings. The molecule has 0 aromatic heterocycles. The minimum absolute atomic E-state index is 0.180. The highest BCUT2D eigenvalue weighted by Crippen LogP contribution is 2.25. The van der Waals surface area contributed by atoms with Crippen molar-refractivity contribution in [2.45, 2.75) is 11.9 Å². The van der Waals surface area contributed by atoms with Gasteiger partial charge in [-0.25, -0.2) is 4.39 Å². The van der Waals surface area contributed by atoms with Crippen LogP contribution in [0.25, 0.3) is 0 Å². The number of hydrogen-bond acceptors (Lipinski definition) is 2. The lowest BCUT2D eigenvalue weighted by molar-refractivity contribution is 0.299. The Kier molecular flexibility index (Phi) is 5.43. The van der Waals surface area contributed by atoms with Crippen LogP contribution in [0.2, 0.25) is 0 Å². The normalized spacial score (nSPS) is 10.4. The highest BCUT2D eigenvalue weighted by Gasteiger charge is 2.06. The van der Waals surface area contributed by atoms with Crippen molar-refractivity contribution in [1.29, 1.82) is 0 Å². The molecule has 2 rings (SSSR count). The van der Waals surface area contributed by atoms with Gasteiger partial charge in [0.25, 0.3) is 0 Å². The molecule has 106 valence electrons. The molecule has 0 spiro atoms. The minimum Gasteiger partial charge on any atom is -0.497 e. The van der Waals surface area contributed by atoms with Crippen molar-refractivity contribution in [3.8, 4) is 11.5 Å². The van der Waals surface area contributed by atoms with Crippen LogP contribution in [0, 0.1) is 5.82 Å². The van der Waals surface area contributed by atoms with Gasteiger partial charge in [0.05, 0.1) is 7.11 Å². The van der Waals surface area contributed by atoms with Gasteiger partial charge in [-0.05, 0) is 35.9 Å². The van der Waals surface area contributed by atoms with Crippen LogP contribution < -0.4 is 9.47 Å². The Morgan fingerprint density at radius 3 is 2.45 bits per heavy atom. The first-order chi connectivity index (χ1) is 9.63. The predicted octanol–water partition coefficient (Wildman–Crippen LogP) is 5.07. The third-order valence-corrected chi connectivity index (χ3v) is 4.19. The number of benzene rings is 2. The van der Waals surface area contributed by atoms with E-state index in [2.05, 4.69) is 31.9 Å². The van der Waals surface area contributed by atoms with Crippen LogP contribution in [0.1, 0.15) is 11.1 Å². The maximum atomic E-state index is 13.8. The molecule has 0 aliphatic heterocycles. The zero-order valence-corrected chi connectivity index (χ0v) is 14.0. The van der Waals surface area contributed by atoms with E-state index >= 15 is 0 Å². The third-order valence-electron chi connectivity index (χ3n) is 2.82. The van der Waals surface area contributed by atoms with Crippen molar-refractivity contribution in [3.63, 3.8) is 0 Å². The number of alkyl halides is 1. The van der Waals surface area contributed by atoms with Gasteiger partial charge in [-0.3, -0.25) is 0 Å². The van der Waals surface area contributed by atoms with E-state index in [9.17, 15) is 4.39 Å². The fourth-order valence-electron chi connectivity index (χ4n) is 1.68. The van der Waals surface area contributed by atoms with Crippen molar-refractivity contribution in [2.75, 3.05) is 7.11 Å². The largest absolute Gasteiger partial charge is 0.497 e. The van der Waals surface area contributed by atoms with Crippen LogP contribution in [0.3, 0.4) is 0 Å². The maximum absolute atomic E-state index is 13.8. The van der Waals surface area contributed by atoms with Gasteiger partial charge in [0.1, 0.15) is 23.9 Å². The molecule has 2 aromatic carbocycles. The van der Waals surface area contributed by atoms with E-state index in [4.69, 9.17) is 9.47 Å². The molecule has 0 radical (unpaired) electrons. The summed E-state index contributed by atoms with van der Waals surface area (Å²) in [4.78, 5) is 0. The molecule has 2 aromatic rings. The average Bonchev–Trinajstić information content (AvgIpc) is 2.47. The van der Waals surface area contributed by atoms with Gasteiger partial charge in [-0.1, -0.05) is 31.9 Å². The average molecular weight is 404 g/mol. The monoisotopic (exact) mass is 402 g/mol. The van der Waals surface area contributed by atoms with E-state index in [0.717, 1.165) is 15.4 Å². The second kappa shape index (κ2) is 7.09. The molecular weight excluding hydrogens is 391 g/mol. The van der Waals surface area contributed by atoms with Crippen molar-refractivity contribution in [1.82, 2.24) is 0 Å². The van der Waals surface area contributed by atoms with Crippen LogP contribution in [0.5, 0.6) is 11.5 Å². The molecule has 0 saturated carbocycles. The lowest BCUT2D eigenvalue weighted by Crippen LogP contribution is -1.99. The number of ether oxygens (including phenoxy) is 2. The van der Waals surface area contributed by atoms with E-state index in [0.29, 0.717) is 17.1 Å². The van der Waals surface area contributed by atoms with Gasteiger partial charge in [-0.2, -0.15) is 0 Å². The summed E-state index contributed by atoms with van der Waals surface area (Å²) in [6.07, 6.45) is 0. The Hall–Kier alpha value is -1.07. The number of methoxy groups -OCH3 is 1. The quantitative estimate of drug-likeness (QED) is 0.648. The van der Waals surface area contributed by atoms with Crippen molar-refractivity contribution >= 4 is 31.9 Å². The molecular formula is C15H13Br2FO2. The highest BCUT2D eigenvalue weighted by molar-refractivity contribution is 9.10. The van der Waals surface area contributed by atoms with Crippen LogP contribution in [-0.2, 0) is 11.9 Å². The van der Waals surface area contributed by atoms with Gasteiger partial charge >= 0.3 is 0 Å². The van der Waals surface area contributed by atoms with E-state index in [1.807, 2.05) is 18.2 Å². The van der Waals surface area contributed by atoms with E-state index < -0.39 is 0 Å². The first-order valence-electron chi connectivity index (χ1n) is 5.93. The number of rotatable bonds is 5. The standard InChI is InChI=1S/C15H13Br2FO2/c1-19-12-3-2-10(15(18)7-12)9-20-13-4-5-14(17)11(6-13)8-16/h2-7H,8-9H2,1H3. The molecule has 20 heavy (non-hydrogen) atoms. The van der Waals surface area contributed by atoms with Crippen LogP contribution >= 0.6 is 31.9 Å². The lowest BCUT2D eigenvalue weighted by Gasteiger charge is -2.10. The summed E-state index contributed by atoms with van der Waals surface area (Å²) in [6.45, 7) is 0.180. The molecule has 0 fully saturated rings. The van der Waals surface area contributed by atoms with Gasteiger partial charge in [0.15, 0.2) is 0 Å². The molecule has 0 bridgehead atoms. The minimum atomic E-state index is -0.331. The summed E-state index contributed by atoms with van der Waals surface area (Å²) < 4.78 is 25.4. The second-order valence-electron chi connectivity index (χ2n) is 4.13. The molecule has 2 nitrogen and oxygen atoms in total. The summed E-state index contributed by atoms with van der Waals surface area (Å²) >= 11 is 6.86. The van der Waals surface area contributed by atoms with Crippen molar-refractivity contribution in [3.05, 3.63) is 57.8 Å². The second-order valence-corrected chi connectivity index (χ2v) is 5.55. The van der Waals surface area contributed by atoms with Gasteiger partial charge < -0.3 is 9.47 Å². The Morgan fingerprint density at radius 1 is 1.05 bits per heavy atom. The fourth-order valence-corrected chi connectivity index (χ4v) is 2.90. The summed E-state index contributed by atoms with van der Waals surface area (Å²) in [6, 6.07) is 10.4. The molecule has 0 amide bonds. The first-order valence-corrected chi connectivity index (χ1v) is 7.85. The highest BCUT2D eigenvalue weighted by atomic mass is 79.9. The van der Waals surface area contributed by atoms with Crippen LogP contribution in [-0.4, -0.2) is 7.11 Å². The molecule has 0 saturated heterocycles. The molecule has 5 heteroatoms. The van der Waals surface area contributed by atoms with Crippen molar-refractivity contribution < 1.29 is 13.9 Å². The topological polar surface area (TPSA) is 18.5 Å². The Balaban J connectivity index is 2.08. The molecule has 0 atom stereocenters. The number of halogens is 3. The Labute approximate surface area is 134 Å². The Morgan fingerprint density at radius 2 is 1.80 bits per heavy atom. The molecule has 0 N–H and O–H groups in total. The molecule has 0 aliphatic carbocycles. The summed E-state index contributed by atoms with van der Waals surface area (Å²) in [7, 11) is 1.51. The first kappa shape index (κ1) is 15.3. The summed E-state index contributed by atoms with van der Waals surface area (Å²) in [5, 5.41) is 0.724. The maximum Gasteiger partial charge on any atom is 0.133 e. The Bertz CT molecular complexity index is 602. The van der Waals surface area contributed by atoms with E-state index in [-0.39, 0.29) is 12.4 Å². The summed E-state index contributed by atoms with van der Waals surface area (Å²) in [5.74, 6) is 0.872. The molecule has 0 heterocycles.